The lowest BCUT2D eigenvalue weighted by atomic mass is 9.66. The lowest BCUT2D eigenvalue weighted by molar-refractivity contribution is -0.142. The number of hydrogen-bond acceptors (Lipinski definition) is 3. The number of oxime groups is 1. The van der Waals surface area contributed by atoms with Gasteiger partial charge in [-0.3, -0.25) is 4.79 Å². The van der Waals surface area contributed by atoms with Gasteiger partial charge in [0.05, 0.1) is 0 Å². The van der Waals surface area contributed by atoms with E-state index in [1.807, 2.05) is 11.8 Å². The maximum Gasteiger partial charge on any atom is 0.236 e. The highest BCUT2D eigenvalue weighted by molar-refractivity contribution is 6.07. The number of nitrogens with two attached hydrogens (primary N) is 1. The van der Waals surface area contributed by atoms with Gasteiger partial charge in [-0.1, -0.05) is 31.8 Å². The molecule has 0 heterocycles. The average molecular weight is 255 g/mol. The molecule has 5 heteroatoms. The van der Waals surface area contributed by atoms with Crippen molar-refractivity contribution in [2.45, 2.75) is 46.5 Å². The van der Waals surface area contributed by atoms with Crippen molar-refractivity contribution in [2.75, 3.05) is 13.1 Å². The molecule has 0 aromatic carbocycles. The second-order valence-electron chi connectivity index (χ2n) is 5.28. The van der Waals surface area contributed by atoms with Gasteiger partial charge >= 0.3 is 0 Å². The normalized spacial score (nSPS) is 20.1. The van der Waals surface area contributed by atoms with Crippen molar-refractivity contribution in [1.29, 1.82) is 0 Å². The van der Waals surface area contributed by atoms with E-state index in [0.29, 0.717) is 25.3 Å². The fourth-order valence-corrected chi connectivity index (χ4v) is 2.37. The summed E-state index contributed by atoms with van der Waals surface area (Å²) in [6, 6.07) is 0. The number of rotatable bonds is 6. The van der Waals surface area contributed by atoms with Crippen molar-refractivity contribution in [3.05, 3.63) is 0 Å². The largest absolute Gasteiger partial charge is 0.409 e. The fourth-order valence-electron chi connectivity index (χ4n) is 2.37. The third-order valence-electron chi connectivity index (χ3n) is 4.11. The molecule has 1 rings (SSSR count). The van der Waals surface area contributed by atoms with Gasteiger partial charge in [0.15, 0.2) is 5.84 Å². The first-order valence-corrected chi connectivity index (χ1v) is 6.79. The SMILES string of the molecule is CCC(C)CN(CC)C(=O)C1(C(N)=NO)CCC1. The second kappa shape index (κ2) is 6.07. The van der Waals surface area contributed by atoms with Crippen molar-refractivity contribution in [1.82, 2.24) is 4.90 Å². The first-order valence-electron chi connectivity index (χ1n) is 6.79. The van der Waals surface area contributed by atoms with Crippen LogP contribution in [0.3, 0.4) is 0 Å². The van der Waals surface area contributed by atoms with Crippen LogP contribution in [0, 0.1) is 11.3 Å². The summed E-state index contributed by atoms with van der Waals surface area (Å²) in [6.45, 7) is 7.63. The van der Waals surface area contributed by atoms with Crippen LogP contribution in [0.2, 0.25) is 0 Å². The Hall–Kier alpha value is -1.26. The lowest BCUT2D eigenvalue weighted by Crippen LogP contribution is -2.55. The first kappa shape index (κ1) is 14.8. The maximum atomic E-state index is 12.6. The first-order chi connectivity index (χ1) is 8.51. The van der Waals surface area contributed by atoms with Crippen LogP contribution in [0.15, 0.2) is 5.16 Å². The molecule has 18 heavy (non-hydrogen) atoms. The molecule has 3 N–H and O–H groups in total. The number of amides is 1. The molecule has 1 atom stereocenters. The van der Waals surface area contributed by atoms with Crippen LogP contribution in [0.1, 0.15) is 46.5 Å². The van der Waals surface area contributed by atoms with Crippen molar-refractivity contribution >= 4 is 11.7 Å². The third kappa shape index (κ3) is 2.60. The van der Waals surface area contributed by atoms with Crippen molar-refractivity contribution in [2.24, 2.45) is 22.2 Å². The molecule has 1 amide bonds. The molecule has 1 unspecified atom stereocenters. The summed E-state index contributed by atoms with van der Waals surface area (Å²) in [6.07, 6.45) is 3.39. The Morgan fingerprint density at radius 1 is 1.50 bits per heavy atom. The molecule has 104 valence electrons. The molecule has 1 aliphatic carbocycles. The lowest BCUT2D eigenvalue weighted by Gasteiger charge is -2.42. The van der Waals surface area contributed by atoms with E-state index >= 15 is 0 Å². The highest BCUT2D eigenvalue weighted by Gasteiger charge is 2.50. The van der Waals surface area contributed by atoms with Crippen LogP contribution in [-0.2, 0) is 4.79 Å². The summed E-state index contributed by atoms with van der Waals surface area (Å²) in [7, 11) is 0. The van der Waals surface area contributed by atoms with Gasteiger partial charge in [0, 0.05) is 13.1 Å². The Bertz CT molecular complexity index is 324. The van der Waals surface area contributed by atoms with E-state index in [4.69, 9.17) is 10.9 Å². The zero-order chi connectivity index (χ0) is 13.8. The van der Waals surface area contributed by atoms with Gasteiger partial charge in [-0.05, 0) is 25.7 Å². The molecule has 5 nitrogen and oxygen atoms in total. The van der Waals surface area contributed by atoms with Crippen LogP contribution in [0.5, 0.6) is 0 Å². The Kier molecular flexibility index (Phi) is 4.99. The molecule has 1 aliphatic rings. The fraction of sp³-hybridized carbons (Fsp3) is 0.846. The minimum atomic E-state index is -0.738. The smallest absolute Gasteiger partial charge is 0.236 e. The predicted molar refractivity (Wildman–Crippen MR) is 71.4 cm³/mol. The van der Waals surface area contributed by atoms with Crippen LogP contribution >= 0.6 is 0 Å². The molecule has 0 aromatic heterocycles. The Morgan fingerprint density at radius 3 is 2.44 bits per heavy atom. The minimum absolute atomic E-state index is 0.0202. The van der Waals surface area contributed by atoms with Gasteiger partial charge in [-0.15, -0.1) is 0 Å². The molecule has 0 spiro atoms. The Balaban J connectivity index is 2.82. The number of carbonyl (C=O) groups is 1. The molecule has 1 fully saturated rings. The third-order valence-corrected chi connectivity index (χ3v) is 4.11. The summed E-state index contributed by atoms with van der Waals surface area (Å²) in [5.74, 6) is 0.562. The van der Waals surface area contributed by atoms with Crippen LogP contribution in [0.4, 0.5) is 0 Å². The van der Waals surface area contributed by atoms with E-state index in [2.05, 4.69) is 19.0 Å². The maximum absolute atomic E-state index is 12.6. The van der Waals surface area contributed by atoms with Crippen molar-refractivity contribution in [3.8, 4) is 0 Å². The van der Waals surface area contributed by atoms with E-state index in [0.717, 1.165) is 19.4 Å². The van der Waals surface area contributed by atoms with Gasteiger partial charge in [-0.2, -0.15) is 0 Å². The molecule has 0 radical (unpaired) electrons. The molecule has 1 saturated carbocycles. The molecular weight excluding hydrogens is 230 g/mol. The summed E-state index contributed by atoms with van der Waals surface area (Å²) in [4.78, 5) is 14.4. The van der Waals surface area contributed by atoms with Crippen LogP contribution < -0.4 is 5.73 Å². The molecule has 0 bridgehead atoms. The van der Waals surface area contributed by atoms with Gasteiger partial charge in [-0.25, -0.2) is 0 Å². The molecule has 0 aliphatic heterocycles. The van der Waals surface area contributed by atoms with Crippen LogP contribution in [0.25, 0.3) is 0 Å². The van der Waals surface area contributed by atoms with E-state index in [9.17, 15) is 4.79 Å². The summed E-state index contributed by atoms with van der Waals surface area (Å²) in [5, 5.41) is 11.9. The molecular formula is C13H25N3O2. The minimum Gasteiger partial charge on any atom is -0.409 e. The van der Waals surface area contributed by atoms with E-state index in [-0.39, 0.29) is 11.7 Å². The van der Waals surface area contributed by atoms with Gasteiger partial charge in [0.25, 0.3) is 0 Å². The van der Waals surface area contributed by atoms with E-state index in [1.165, 1.54) is 0 Å². The summed E-state index contributed by atoms with van der Waals surface area (Å²) in [5.41, 5.74) is 4.98. The number of hydrogen-bond donors (Lipinski definition) is 2. The molecule has 0 aromatic rings. The van der Waals surface area contributed by atoms with Gasteiger partial charge < -0.3 is 15.8 Å². The Morgan fingerprint density at radius 2 is 2.11 bits per heavy atom. The number of nitrogens with zero attached hydrogens (tertiary/aromatic N) is 2. The average Bonchev–Trinajstić information content (AvgIpc) is 2.33. The molecule has 0 saturated heterocycles. The zero-order valence-corrected chi connectivity index (χ0v) is 11.6. The number of amidine groups is 1. The van der Waals surface area contributed by atoms with Gasteiger partial charge in [0.2, 0.25) is 5.91 Å². The van der Waals surface area contributed by atoms with E-state index < -0.39 is 5.41 Å². The van der Waals surface area contributed by atoms with E-state index in [1.54, 1.807) is 0 Å². The zero-order valence-electron chi connectivity index (χ0n) is 11.6. The van der Waals surface area contributed by atoms with Gasteiger partial charge in [0.1, 0.15) is 5.41 Å². The highest BCUT2D eigenvalue weighted by Crippen LogP contribution is 2.42. The Labute approximate surface area is 109 Å². The number of carbonyl (C=O) groups excluding carboxylic acids is 1. The predicted octanol–water partition coefficient (Wildman–Crippen LogP) is 1.80. The summed E-state index contributed by atoms with van der Waals surface area (Å²) < 4.78 is 0. The van der Waals surface area contributed by atoms with Crippen molar-refractivity contribution < 1.29 is 10.0 Å². The topological polar surface area (TPSA) is 78.9 Å². The highest BCUT2D eigenvalue weighted by atomic mass is 16.4. The van der Waals surface area contributed by atoms with Crippen molar-refractivity contribution in [3.63, 3.8) is 0 Å². The monoisotopic (exact) mass is 255 g/mol. The quantitative estimate of drug-likeness (QED) is 0.329. The summed E-state index contributed by atoms with van der Waals surface area (Å²) >= 11 is 0. The standard InChI is InChI=1S/C13H25N3O2/c1-4-10(3)9-16(5-2)12(17)13(7-6-8-13)11(14)15-18/h10,18H,4-9H2,1-3H3,(H2,14,15). The second-order valence-corrected chi connectivity index (χ2v) is 5.28. The van der Waals surface area contributed by atoms with Crippen LogP contribution in [-0.4, -0.2) is 34.9 Å².